The van der Waals surface area contributed by atoms with Gasteiger partial charge >= 0.3 is 17.9 Å². The lowest BCUT2D eigenvalue weighted by Crippen LogP contribution is -2.55. The summed E-state index contributed by atoms with van der Waals surface area (Å²) in [6.07, 6.45) is 6.05. The van der Waals surface area contributed by atoms with Gasteiger partial charge in [-0.2, -0.15) is 0 Å². The Morgan fingerprint density at radius 2 is 1.19 bits per heavy atom. The minimum Gasteiger partial charge on any atom is -0.466 e. The van der Waals surface area contributed by atoms with Gasteiger partial charge in [0.2, 0.25) is 0 Å². The predicted octanol–water partition coefficient (Wildman–Crippen LogP) is 3.90. The van der Waals surface area contributed by atoms with Gasteiger partial charge in [0, 0.05) is 6.42 Å². The van der Waals surface area contributed by atoms with Crippen LogP contribution in [0.4, 0.5) is 0 Å². The molecule has 2 atom stereocenters. The summed E-state index contributed by atoms with van der Waals surface area (Å²) >= 11 is 0. The molecule has 0 spiro atoms. The van der Waals surface area contributed by atoms with Crippen LogP contribution in [0, 0.1) is 5.92 Å². The van der Waals surface area contributed by atoms with Gasteiger partial charge < -0.3 is 19.3 Å². The molecule has 0 aromatic heterocycles. The molecule has 32 heavy (non-hydrogen) atoms. The van der Waals surface area contributed by atoms with Crippen molar-refractivity contribution in [2.45, 2.75) is 104 Å². The van der Waals surface area contributed by atoms with Crippen LogP contribution >= 0.6 is 0 Å². The minimum atomic E-state index is -2.68. The summed E-state index contributed by atoms with van der Waals surface area (Å²) in [5.74, 6) is -5.63. The number of hydrogen-bond acceptors (Lipinski definition) is 8. The number of hydrogen-bond donors (Lipinski definition) is 1. The highest BCUT2D eigenvalue weighted by Crippen LogP contribution is 2.28. The fourth-order valence-electron chi connectivity index (χ4n) is 3.15. The van der Waals surface area contributed by atoms with Gasteiger partial charge in [-0.25, -0.2) is 4.79 Å². The first-order chi connectivity index (χ1) is 15.3. The van der Waals surface area contributed by atoms with E-state index < -0.39 is 41.6 Å². The molecule has 0 aliphatic carbocycles. The Bertz CT molecular complexity index is 574. The number of esters is 3. The maximum absolute atomic E-state index is 12.8. The van der Waals surface area contributed by atoms with Gasteiger partial charge in [-0.05, 0) is 19.3 Å². The van der Waals surface area contributed by atoms with Crippen molar-refractivity contribution in [1.82, 2.24) is 0 Å². The van der Waals surface area contributed by atoms with Crippen LogP contribution < -0.4 is 0 Å². The van der Waals surface area contributed by atoms with E-state index in [1.165, 1.54) is 6.92 Å². The number of ether oxygens (including phenoxy) is 3. The third-order valence-electron chi connectivity index (χ3n) is 5.14. The van der Waals surface area contributed by atoms with Crippen LogP contribution in [0.3, 0.4) is 0 Å². The standard InChI is InChI=1S/C24H42O8/c1-5-9-12-15-30-20(26)18-24(29,23(28)32-17-14-11-7-3)21(19(25)8-4)22(27)31-16-13-10-6-2/h21,29H,5-18H2,1-4H3. The van der Waals surface area contributed by atoms with E-state index in [4.69, 9.17) is 14.2 Å². The fraction of sp³-hybridized carbons (Fsp3) is 0.833. The second-order valence-corrected chi connectivity index (χ2v) is 8.00. The van der Waals surface area contributed by atoms with Crippen molar-refractivity contribution in [3.63, 3.8) is 0 Å². The van der Waals surface area contributed by atoms with Crippen LogP contribution in [0.15, 0.2) is 0 Å². The molecule has 0 bridgehead atoms. The van der Waals surface area contributed by atoms with E-state index in [9.17, 15) is 24.3 Å². The zero-order valence-corrected chi connectivity index (χ0v) is 20.3. The maximum atomic E-state index is 12.8. The lowest BCUT2D eigenvalue weighted by Gasteiger charge is -2.31. The highest BCUT2D eigenvalue weighted by molar-refractivity contribution is 6.06. The first-order valence-electron chi connectivity index (χ1n) is 12.0. The zero-order chi connectivity index (χ0) is 24.4. The molecule has 0 radical (unpaired) electrons. The summed E-state index contributed by atoms with van der Waals surface area (Å²) in [5, 5.41) is 11.2. The molecule has 0 rings (SSSR count). The van der Waals surface area contributed by atoms with Crippen molar-refractivity contribution < 1.29 is 38.5 Å². The molecule has 0 aliphatic heterocycles. The monoisotopic (exact) mass is 458 g/mol. The Labute approximate surface area is 192 Å². The summed E-state index contributed by atoms with van der Waals surface area (Å²) in [5.41, 5.74) is -2.68. The van der Waals surface area contributed by atoms with Gasteiger partial charge in [0.25, 0.3) is 0 Å². The molecule has 0 aromatic carbocycles. The largest absolute Gasteiger partial charge is 0.466 e. The molecule has 1 N–H and O–H groups in total. The minimum absolute atomic E-state index is 0.0130. The van der Waals surface area contributed by atoms with E-state index in [0.29, 0.717) is 19.3 Å². The Balaban J connectivity index is 5.60. The van der Waals surface area contributed by atoms with E-state index >= 15 is 0 Å². The third kappa shape index (κ3) is 11.1. The van der Waals surface area contributed by atoms with E-state index in [-0.39, 0.29) is 26.2 Å². The van der Waals surface area contributed by atoms with E-state index in [0.717, 1.165) is 38.5 Å². The summed E-state index contributed by atoms with van der Waals surface area (Å²) in [7, 11) is 0. The van der Waals surface area contributed by atoms with E-state index in [2.05, 4.69) is 0 Å². The van der Waals surface area contributed by atoms with Crippen LogP contribution in [0.5, 0.6) is 0 Å². The zero-order valence-electron chi connectivity index (χ0n) is 20.3. The van der Waals surface area contributed by atoms with Crippen molar-refractivity contribution in [1.29, 1.82) is 0 Å². The lowest BCUT2D eigenvalue weighted by molar-refractivity contribution is -0.188. The Hall–Kier alpha value is -1.96. The summed E-state index contributed by atoms with van der Waals surface area (Å²) in [6.45, 7) is 7.68. The molecule has 0 saturated carbocycles. The number of aliphatic hydroxyl groups is 1. The number of ketones is 1. The van der Waals surface area contributed by atoms with Crippen LogP contribution in [-0.4, -0.2) is 54.2 Å². The molecule has 0 aliphatic rings. The average Bonchev–Trinajstić information content (AvgIpc) is 2.77. The molecule has 186 valence electrons. The summed E-state index contributed by atoms with van der Waals surface area (Å²) < 4.78 is 15.5. The molecular weight excluding hydrogens is 416 g/mol. The van der Waals surface area contributed by atoms with Crippen LogP contribution in [0.1, 0.15) is 98.3 Å². The maximum Gasteiger partial charge on any atom is 0.340 e. The van der Waals surface area contributed by atoms with E-state index in [1.807, 2.05) is 20.8 Å². The van der Waals surface area contributed by atoms with Gasteiger partial charge in [0.1, 0.15) is 5.78 Å². The molecule has 0 aromatic rings. The van der Waals surface area contributed by atoms with Crippen molar-refractivity contribution >= 4 is 23.7 Å². The Kier molecular flexibility index (Phi) is 16.5. The number of Topliss-reactive ketones (excluding diaryl/α,β-unsaturated/α-hetero) is 1. The average molecular weight is 459 g/mol. The highest BCUT2D eigenvalue weighted by Gasteiger charge is 2.55. The quantitative estimate of drug-likeness (QED) is 0.134. The lowest BCUT2D eigenvalue weighted by atomic mass is 9.80. The van der Waals surface area contributed by atoms with Gasteiger partial charge in [0.05, 0.1) is 26.2 Å². The summed E-state index contributed by atoms with van der Waals surface area (Å²) in [6, 6.07) is 0. The highest BCUT2D eigenvalue weighted by atomic mass is 16.6. The van der Waals surface area contributed by atoms with Gasteiger partial charge in [-0.15, -0.1) is 0 Å². The SMILES string of the molecule is CCCCCOC(=O)CC(O)(C(=O)OCCCCC)C(C(=O)CC)C(=O)OCCCCC. The molecular formula is C24H42O8. The van der Waals surface area contributed by atoms with Crippen molar-refractivity contribution in [3.05, 3.63) is 0 Å². The molecule has 0 amide bonds. The topological polar surface area (TPSA) is 116 Å². The second-order valence-electron chi connectivity index (χ2n) is 8.00. The fourth-order valence-corrected chi connectivity index (χ4v) is 3.15. The van der Waals surface area contributed by atoms with Crippen molar-refractivity contribution in [3.8, 4) is 0 Å². The first-order valence-corrected chi connectivity index (χ1v) is 12.0. The van der Waals surface area contributed by atoms with Crippen molar-refractivity contribution in [2.75, 3.05) is 19.8 Å². The summed E-state index contributed by atoms with van der Waals surface area (Å²) in [4.78, 5) is 50.6. The molecule has 0 heterocycles. The Morgan fingerprint density at radius 1 is 0.719 bits per heavy atom. The number of carbonyl (C=O) groups is 4. The predicted molar refractivity (Wildman–Crippen MR) is 120 cm³/mol. The third-order valence-corrected chi connectivity index (χ3v) is 5.14. The second kappa shape index (κ2) is 17.6. The van der Waals surface area contributed by atoms with Crippen molar-refractivity contribution in [2.24, 2.45) is 5.92 Å². The Morgan fingerprint density at radius 3 is 1.66 bits per heavy atom. The normalized spacial score (nSPS) is 13.7. The van der Waals surface area contributed by atoms with Gasteiger partial charge in [0.15, 0.2) is 11.5 Å². The van der Waals surface area contributed by atoms with Crippen LogP contribution in [-0.2, 0) is 33.4 Å². The number of carbonyl (C=O) groups excluding carboxylic acids is 4. The molecule has 8 heteroatoms. The smallest absolute Gasteiger partial charge is 0.340 e. The molecule has 0 fully saturated rings. The van der Waals surface area contributed by atoms with Gasteiger partial charge in [-0.1, -0.05) is 66.2 Å². The first kappa shape index (κ1) is 30.0. The molecule has 2 unspecified atom stereocenters. The number of rotatable bonds is 19. The van der Waals surface area contributed by atoms with Gasteiger partial charge in [-0.3, -0.25) is 14.4 Å². The molecule has 0 saturated heterocycles. The van der Waals surface area contributed by atoms with Crippen LogP contribution in [0.25, 0.3) is 0 Å². The number of unbranched alkanes of at least 4 members (excludes halogenated alkanes) is 6. The molecule has 8 nitrogen and oxygen atoms in total. The van der Waals surface area contributed by atoms with E-state index in [1.54, 1.807) is 0 Å². The van der Waals surface area contributed by atoms with Crippen LogP contribution in [0.2, 0.25) is 0 Å².